The van der Waals surface area contributed by atoms with E-state index in [4.69, 9.17) is 0 Å². The summed E-state index contributed by atoms with van der Waals surface area (Å²) in [5.74, 6) is 0.0781. The number of hydrogen-bond donors (Lipinski definition) is 1. The van der Waals surface area contributed by atoms with Crippen LogP contribution in [0.2, 0.25) is 0 Å². The van der Waals surface area contributed by atoms with E-state index in [0.29, 0.717) is 44.1 Å². The van der Waals surface area contributed by atoms with Crippen LogP contribution in [0.15, 0.2) is 6.33 Å². The van der Waals surface area contributed by atoms with Crippen molar-refractivity contribution in [1.82, 2.24) is 19.8 Å². The number of carbonyl (C=O) groups excluding carboxylic acids is 2. The van der Waals surface area contributed by atoms with Gasteiger partial charge in [-0.2, -0.15) is 5.26 Å². The number of nitriles is 1. The van der Waals surface area contributed by atoms with Gasteiger partial charge in [-0.15, -0.1) is 0 Å². The lowest BCUT2D eigenvalue weighted by molar-refractivity contribution is -0.139. The molecule has 140 valence electrons. The molecule has 1 aliphatic heterocycles. The zero-order valence-corrected chi connectivity index (χ0v) is 15.6. The first-order valence-electron chi connectivity index (χ1n) is 9.49. The molecule has 2 amide bonds. The van der Waals surface area contributed by atoms with Crippen LogP contribution in [0, 0.1) is 22.7 Å². The highest BCUT2D eigenvalue weighted by atomic mass is 16.2. The van der Waals surface area contributed by atoms with E-state index in [0.717, 1.165) is 31.5 Å². The molecule has 26 heavy (non-hydrogen) atoms. The van der Waals surface area contributed by atoms with Crippen molar-refractivity contribution in [2.75, 3.05) is 13.1 Å². The molecule has 1 aromatic rings. The number of nitrogens with one attached hydrogen (secondary N) is 1. The molecule has 1 aromatic heterocycles. The number of fused-ring (bicyclic) bond motifs is 1. The van der Waals surface area contributed by atoms with Crippen molar-refractivity contribution < 1.29 is 9.59 Å². The normalized spacial score (nSPS) is 18.9. The number of nitrogens with zero attached hydrogens (tertiary/aromatic N) is 4. The molecule has 0 saturated heterocycles. The molecule has 0 aromatic carbocycles. The topological polar surface area (TPSA) is 91.0 Å². The Bertz CT molecular complexity index is 725. The maximum absolute atomic E-state index is 13.1. The van der Waals surface area contributed by atoms with Gasteiger partial charge in [-0.25, -0.2) is 4.98 Å². The summed E-state index contributed by atoms with van der Waals surface area (Å²) in [5, 5.41) is 12.5. The predicted octanol–water partition coefficient (Wildman–Crippen LogP) is 2.09. The van der Waals surface area contributed by atoms with E-state index in [-0.39, 0.29) is 11.8 Å². The van der Waals surface area contributed by atoms with Gasteiger partial charge in [0.1, 0.15) is 5.41 Å². The maximum atomic E-state index is 13.1. The van der Waals surface area contributed by atoms with Gasteiger partial charge in [0.2, 0.25) is 5.91 Å². The van der Waals surface area contributed by atoms with Crippen molar-refractivity contribution in [2.45, 2.75) is 59.0 Å². The van der Waals surface area contributed by atoms with Crippen molar-refractivity contribution in [3.8, 4) is 6.07 Å². The Morgan fingerprint density at radius 1 is 1.31 bits per heavy atom. The molecule has 1 N–H and O–H groups in total. The van der Waals surface area contributed by atoms with Gasteiger partial charge < -0.3 is 14.8 Å². The number of amides is 2. The Morgan fingerprint density at radius 3 is 2.69 bits per heavy atom. The Balaban J connectivity index is 1.81. The highest BCUT2D eigenvalue weighted by Gasteiger charge is 2.44. The third-order valence-corrected chi connectivity index (χ3v) is 5.37. The minimum Gasteiger partial charge on any atom is -0.350 e. The summed E-state index contributed by atoms with van der Waals surface area (Å²) in [5.41, 5.74) is 0.279. The van der Waals surface area contributed by atoms with Gasteiger partial charge in [0.15, 0.2) is 5.69 Å². The Hall–Kier alpha value is -2.36. The monoisotopic (exact) mass is 357 g/mol. The fourth-order valence-corrected chi connectivity index (χ4v) is 3.86. The zero-order valence-electron chi connectivity index (χ0n) is 15.6. The van der Waals surface area contributed by atoms with Crippen LogP contribution in [0.4, 0.5) is 0 Å². The van der Waals surface area contributed by atoms with Crippen molar-refractivity contribution in [1.29, 1.82) is 5.26 Å². The van der Waals surface area contributed by atoms with Gasteiger partial charge in [0.05, 0.1) is 24.6 Å². The number of aromatic nitrogens is 2. The highest BCUT2D eigenvalue weighted by molar-refractivity contribution is 5.93. The zero-order chi connectivity index (χ0) is 18.7. The molecule has 0 atom stereocenters. The number of rotatable bonds is 4. The van der Waals surface area contributed by atoms with Crippen molar-refractivity contribution >= 4 is 11.8 Å². The molecule has 7 heteroatoms. The summed E-state index contributed by atoms with van der Waals surface area (Å²) in [6.45, 7) is 6.34. The average Bonchev–Trinajstić information content (AvgIpc) is 3.22. The molecule has 3 rings (SSSR count). The number of imidazole rings is 1. The van der Waals surface area contributed by atoms with Crippen LogP contribution in [0.1, 0.15) is 62.1 Å². The van der Waals surface area contributed by atoms with Crippen molar-refractivity contribution in [2.24, 2.45) is 11.3 Å². The molecule has 1 saturated carbocycles. The van der Waals surface area contributed by atoms with Crippen LogP contribution < -0.4 is 5.32 Å². The van der Waals surface area contributed by atoms with E-state index in [2.05, 4.69) is 16.4 Å². The molecular formula is C19H27N5O2. The Kier molecular flexibility index (Phi) is 5.30. The lowest BCUT2D eigenvalue weighted by atomic mass is 9.86. The van der Waals surface area contributed by atoms with Gasteiger partial charge >= 0.3 is 0 Å². The summed E-state index contributed by atoms with van der Waals surface area (Å²) in [6, 6.07) is 2.29. The van der Waals surface area contributed by atoms with E-state index in [1.807, 2.05) is 18.4 Å². The van der Waals surface area contributed by atoms with Gasteiger partial charge in [0, 0.05) is 19.6 Å². The quantitative estimate of drug-likeness (QED) is 0.893. The molecule has 1 aliphatic carbocycles. The molecule has 1 fully saturated rings. The average molecular weight is 357 g/mol. The maximum Gasteiger partial charge on any atom is 0.271 e. The first-order valence-corrected chi connectivity index (χ1v) is 9.49. The van der Waals surface area contributed by atoms with Crippen LogP contribution in [-0.2, 0) is 17.9 Å². The summed E-state index contributed by atoms with van der Waals surface area (Å²) in [7, 11) is 0. The lowest BCUT2D eigenvalue weighted by Gasteiger charge is -2.28. The van der Waals surface area contributed by atoms with Gasteiger partial charge in [-0.3, -0.25) is 9.59 Å². The minimum atomic E-state index is -0.880. The molecule has 0 unspecified atom stereocenters. The van der Waals surface area contributed by atoms with Gasteiger partial charge in [-0.05, 0) is 25.2 Å². The second-order valence-electron chi connectivity index (χ2n) is 7.82. The van der Waals surface area contributed by atoms with Crippen molar-refractivity contribution in [3.63, 3.8) is 0 Å². The van der Waals surface area contributed by atoms with E-state index in [9.17, 15) is 14.9 Å². The predicted molar refractivity (Wildman–Crippen MR) is 95.9 cm³/mol. The molecule has 0 radical (unpaired) electrons. The summed E-state index contributed by atoms with van der Waals surface area (Å²) in [6.07, 6.45) is 5.61. The number of carbonyl (C=O) groups is 2. The van der Waals surface area contributed by atoms with Crippen LogP contribution in [0.25, 0.3) is 0 Å². The third kappa shape index (κ3) is 3.46. The van der Waals surface area contributed by atoms with Crippen molar-refractivity contribution in [3.05, 3.63) is 17.7 Å². The SMILES string of the molecule is CC(C)CNC(=O)c1ncn2c1CN(C(=O)C1(C#N)CCCC1)CCC2. The summed E-state index contributed by atoms with van der Waals surface area (Å²) >= 11 is 0. The van der Waals surface area contributed by atoms with E-state index < -0.39 is 5.41 Å². The second-order valence-corrected chi connectivity index (χ2v) is 7.82. The van der Waals surface area contributed by atoms with Gasteiger partial charge in [0.25, 0.3) is 5.91 Å². The largest absolute Gasteiger partial charge is 0.350 e. The van der Waals surface area contributed by atoms with Crippen LogP contribution >= 0.6 is 0 Å². The first-order chi connectivity index (χ1) is 12.5. The van der Waals surface area contributed by atoms with Gasteiger partial charge in [-0.1, -0.05) is 26.7 Å². The summed E-state index contributed by atoms with van der Waals surface area (Å²) < 4.78 is 1.96. The molecule has 0 bridgehead atoms. The Morgan fingerprint density at radius 2 is 2.04 bits per heavy atom. The van der Waals surface area contributed by atoms with E-state index >= 15 is 0 Å². The molecule has 7 nitrogen and oxygen atoms in total. The van der Waals surface area contributed by atoms with E-state index in [1.54, 1.807) is 11.2 Å². The smallest absolute Gasteiger partial charge is 0.271 e. The lowest BCUT2D eigenvalue weighted by Crippen LogP contribution is -2.42. The van der Waals surface area contributed by atoms with Crippen LogP contribution in [0.3, 0.4) is 0 Å². The fraction of sp³-hybridized carbons (Fsp3) is 0.684. The highest BCUT2D eigenvalue weighted by Crippen LogP contribution is 2.39. The molecule has 0 spiro atoms. The number of aryl methyl sites for hydroxylation is 1. The van der Waals surface area contributed by atoms with Crippen LogP contribution in [-0.4, -0.2) is 39.4 Å². The molecule has 2 aliphatic rings. The minimum absolute atomic E-state index is 0.0827. The first kappa shape index (κ1) is 18.4. The Labute approximate surface area is 154 Å². The molecule has 2 heterocycles. The third-order valence-electron chi connectivity index (χ3n) is 5.37. The fourth-order valence-electron chi connectivity index (χ4n) is 3.86. The number of hydrogen-bond acceptors (Lipinski definition) is 4. The standard InChI is InChI=1S/C19H27N5O2/c1-14(2)10-21-17(25)16-15-11-23(8-5-9-24(15)13-22-16)18(26)19(12-20)6-3-4-7-19/h13-14H,3-11H2,1-2H3,(H,21,25). The second kappa shape index (κ2) is 7.48. The summed E-state index contributed by atoms with van der Waals surface area (Å²) in [4.78, 5) is 31.7. The van der Waals surface area contributed by atoms with Crippen LogP contribution in [0.5, 0.6) is 0 Å². The van der Waals surface area contributed by atoms with E-state index in [1.165, 1.54) is 0 Å². The molecular weight excluding hydrogens is 330 g/mol.